The van der Waals surface area contributed by atoms with E-state index in [0.717, 1.165) is 11.1 Å². The largest absolute Gasteiger partial charge is 0.462 e. The second kappa shape index (κ2) is 8.35. The van der Waals surface area contributed by atoms with Crippen molar-refractivity contribution in [1.29, 1.82) is 0 Å². The maximum absolute atomic E-state index is 12.5. The van der Waals surface area contributed by atoms with Crippen LogP contribution >= 0.6 is 0 Å². The average molecular weight is 289 g/mol. The van der Waals surface area contributed by atoms with Crippen molar-refractivity contribution in [1.82, 2.24) is 4.98 Å². The lowest BCUT2D eigenvalue weighted by Gasteiger charge is -2.13. The van der Waals surface area contributed by atoms with Crippen LogP contribution in [0.1, 0.15) is 44.7 Å². The Hall–Kier alpha value is -1.97. The van der Waals surface area contributed by atoms with Gasteiger partial charge in [0.25, 0.3) is 0 Å². The molecule has 1 rings (SSSR count). The van der Waals surface area contributed by atoms with E-state index in [1.165, 1.54) is 0 Å². The lowest BCUT2D eigenvalue weighted by atomic mass is 9.92. The first-order valence-corrected chi connectivity index (χ1v) is 7.38. The van der Waals surface area contributed by atoms with Crippen molar-refractivity contribution in [2.24, 2.45) is 5.92 Å². The van der Waals surface area contributed by atoms with E-state index < -0.39 is 5.97 Å². The van der Waals surface area contributed by atoms with Gasteiger partial charge in [0.05, 0.1) is 6.61 Å². The number of ketones is 1. The van der Waals surface area contributed by atoms with Crippen LogP contribution in [0.2, 0.25) is 0 Å². The number of rotatable bonds is 7. The number of hydrogen-bond donors (Lipinski definition) is 0. The smallest absolute Gasteiger partial charge is 0.341 e. The van der Waals surface area contributed by atoms with Crippen LogP contribution in [0, 0.1) is 12.8 Å². The monoisotopic (exact) mass is 289 g/mol. The maximum atomic E-state index is 12.5. The highest BCUT2D eigenvalue weighted by Crippen LogP contribution is 2.18. The predicted octanol–water partition coefficient (Wildman–Crippen LogP) is 3.34. The molecule has 1 aromatic rings. The molecule has 1 aromatic heterocycles. The molecule has 0 atom stereocenters. The molecule has 0 bridgehead atoms. The molecule has 0 fully saturated rings. The van der Waals surface area contributed by atoms with Gasteiger partial charge in [0.2, 0.25) is 0 Å². The quantitative estimate of drug-likeness (QED) is 0.334. The first-order chi connectivity index (χ1) is 10.0. The second-order valence-electron chi connectivity index (χ2n) is 4.95. The van der Waals surface area contributed by atoms with Crippen molar-refractivity contribution in [2.75, 3.05) is 6.61 Å². The summed E-state index contributed by atoms with van der Waals surface area (Å²) in [5.74, 6) is -0.866. The molecule has 4 heteroatoms. The molecular formula is C17H23NO3. The zero-order valence-corrected chi connectivity index (χ0v) is 13.2. The van der Waals surface area contributed by atoms with Crippen LogP contribution in [0.5, 0.6) is 0 Å². The zero-order chi connectivity index (χ0) is 15.8. The van der Waals surface area contributed by atoms with E-state index >= 15 is 0 Å². The van der Waals surface area contributed by atoms with E-state index in [2.05, 4.69) is 4.98 Å². The van der Waals surface area contributed by atoms with Gasteiger partial charge in [-0.2, -0.15) is 0 Å². The molecule has 0 aliphatic heterocycles. The van der Waals surface area contributed by atoms with Gasteiger partial charge in [0, 0.05) is 18.3 Å². The van der Waals surface area contributed by atoms with E-state index in [4.69, 9.17) is 4.74 Å². The third kappa shape index (κ3) is 4.81. The lowest BCUT2D eigenvalue weighted by molar-refractivity contribution is -0.140. The molecule has 0 spiro atoms. The molecule has 0 aromatic carbocycles. The number of hydrogen-bond acceptors (Lipinski definition) is 4. The molecule has 0 aliphatic rings. The molecule has 0 unspecified atom stereocenters. The Morgan fingerprint density at radius 1 is 1.24 bits per heavy atom. The first kappa shape index (κ1) is 17.1. The van der Waals surface area contributed by atoms with Crippen LogP contribution < -0.4 is 0 Å². The molecule has 0 N–H and O–H groups in total. The maximum Gasteiger partial charge on any atom is 0.341 e. The average Bonchev–Trinajstić information content (AvgIpc) is 2.46. The number of nitrogens with zero attached hydrogens (tertiary/aromatic N) is 1. The molecular weight excluding hydrogens is 266 g/mol. The minimum absolute atomic E-state index is 0.109. The number of ether oxygens (including phenoxy) is 1. The summed E-state index contributed by atoms with van der Waals surface area (Å²) in [6, 6.07) is 1.88. The summed E-state index contributed by atoms with van der Waals surface area (Å²) < 4.78 is 5.02. The van der Waals surface area contributed by atoms with Crippen molar-refractivity contribution in [3.8, 4) is 0 Å². The van der Waals surface area contributed by atoms with E-state index in [1.807, 2.05) is 26.8 Å². The van der Waals surface area contributed by atoms with Gasteiger partial charge in [-0.25, -0.2) is 4.79 Å². The van der Waals surface area contributed by atoms with Crippen LogP contribution in [0.25, 0.3) is 6.08 Å². The number of Topliss-reactive ketones (excluding diaryl/α,β-unsaturated/α-hetero) is 1. The summed E-state index contributed by atoms with van der Waals surface area (Å²) in [5.41, 5.74) is 1.82. The van der Waals surface area contributed by atoms with Crippen LogP contribution in [0.15, 0.2) is 24.0 Å². The molecule has 0 amide bonds. The van der Waals surface area contributed by atoms with Crippen molar-refractivity contribution in [2.45, 2.75) is 40.5 Å². The fourth-order valence-corrected chi connectivity index (χ4v) is 2.14. The van der Waals surface area contributed by atoms with E-state index in [-0.39, 0.29) is 23.9 Å². The van der Waals surface area contributed by atoms with Crippen molar-refractivity contribution in [3.05, 3.63) is 35.2 Å². The van der Waals surface area contributed by atoms with Crippen molar-refractivity contribution >= 4 is 17.8 Å². The highest BCUT2D eigenvalue weighted by atomic mass is 16.5. The fourth-order valence-electron chi connectivity index (χ4n) is 2.14. The Bertz CT molecular complexity index is 531. The number of carbonyl (C=O) groups excluding carboxylic acids is 2. The van der Waals surface area contributed by atoms with Crippen LogP contribution in [-0.2, 0) is 14.3 Å². The Labute approximate surface area is 126 Å². The van der Waals surface area contributed by atoms with Gasteiger partial charge in [-0.3, -0.25) is 9.78 Å². The lowest BCUT2D eigenvalue weighted by Crippen LogP contribution is -2.22. The topological polar surface area (TPSA) is 56.3 Å². The molecule has 0 saturated heterocycles. The molecule has 21 heavy (non-hydrogen) atoms. The van der Waals surface area contributed by atoms with Gasteiger partial charge >= 0.3 is 5.97 Å². The summed E-state index contributed by atoms with van der Waals surface area (Å²) in [4.78, 5) is 28.7. The van der Waals surface area contributed by atoms with Gasteiger partial charge in [-0.05, 0) is 50.0 Å². The Morgan fingerprint density at radius 3 is 2.43 bits per heavy atom. The minimum Gasteiger partial charge on any atom is -0.462 e. The molecule has 114 valence electrons. The summed E-state index contributed by atoms with van der Waals surface area (Å²) in [7, 11) is 0. The Morgan fingerprint density at radius 2 is 1.90 bits per heavy atom. The molecule has 1 heterocycles. The normalized spacial score (nSPS) is 11.6. The standard InChI is InChI=1S/C17H23NO3/c1-5-14(6-2)16(19)15(17(20)21-7-3)9-13-8-12(4)10-18-11-13/h8-11,14H,5-7H2,1-4H3/b15-9-. The Kier molecular flexibility index (Phi) is 6.79. The zero-order valence-electron chi connectivity index (χ0n) is 13.2. The molecule has 0 saturated carbocycles. The van der Waals surface area contributed by atoms with Gasteiger partial charge in [-0.1, -0.05) is 13.8 Å². The van der Waals surface area contributed by atoms with Crippen LogP contribution in [-0.4, -0.2) is 23.3 Å². The molecule has 0 radical (unpaired) electrons. The second-order valence-corrected chi connectivity index (χ2v) is 4.95. The van der Waals surface area contributed by atoms with Gasteiger partial charge in [0.1, 0.15) is 5.57 Å². The van der Waals surface area contributed by atoms with E-state index in [9.17, 15) is 9.59 Å². The number of pyridine rings is 1. The van der Waals surface area contributed by atoms with Crippen LogP contribution in [0.3, 0.4) is 0 Å². The number of aromatic nitrogens is 1. The molecule has 0 aliphatic carbocycles. The molecule has 4 nitrogen and oxygen atoms in total. The van der Waals surface area contributed by atoms with E-state index in [1.54, 1.807) is 25.4 Å². The van der Waals surface area contributed by atoms with Gasteiger partial charge < -0.3 is 4.74 Å². The minimum atomic E-state index is -0.559. The van der Waals surface area contributed by atoms with E-state index in [0.29, 0.717) is 12.8 Å². The highest BCUT2D eigenvalue weighted by molar-refractivity contribution is 6.21. The summed E-state index contributed by atoms with van der Waals surface area (Å²) in [5, 5.41) is 0. The number of carbonyl (C=O) groups is 2. The van der Waals surface area contributed by atoms with Gasteiger partial charge in [0.15, 0.2) is 5.78 Å². The van der Waals surface area contributed by atoms with Gasteiger partial charge in [-0.15, -0.1) is 0 Å². The third-order valence-corrected chi connectivity index (χ3v) is 3.32. The third-order valence-electron chi connectivity index (χ3n) is 3.32. The van der Waals surface area contributed by atoms with Crippen molar-refractivity contribution < 1.29 is 14.3 Å². The number of aryl methyl sites for hydroxylation is 1. The summed E-state index contributed by atoms with van der Waals surface area (Å²) in [6.45, 7) is 7.78. The first-order valence-electron chi connectivity index (χ1n) is 7.38. The predicted molar refractivity (Wildman–Crippen MR) is 82.7 cm³/mol. The SMILES string of the molecule is CCOC(=O)/C(=C\c1cncc(C)c1)C(=O)C(CC)CC. The number of esters is 1. The highest BCUT2D eigenvalue weighted by Gasteiger charge is 2.25. The summed E-state index contributed by atoms with van der Waals surface area (Å²) in [6.07, 6.45) is 6.35. The summed E-state index contributed by atoms with van der Waals surface area (Å²) >= 11 is 0. The Balaban J connectivity index is 3.19. The van der Waals surface area contributed by atoms with Crippen LogP contribution in [0.4, 0.5) is 0 Å². The van der Waals surface area contributed by atoms with Crippen molar-refractivity contribution in [3.63, 3.8) is 0 Å². The fraction of sp³-hybridized carbons (Fsp3) is 0.471.